The van der Waals surface area contributed by atoms with Crippen molar-refractivity contribution >= 4 is 31.3 Å². The van der Waals surface area contributed by atoms with Crippen LogP contribution in [0.2, 0.25) is 0 Å². The van der Waals surface area contributed by atoms with Crippen molar-refractivity contribution in [2.75, 3.05) is 11.1 Å². The van der Waals surface area contributed by atoms with Gasteiger partial charge < -0.3 is 5.32 Å². The third-order valence-corrected chi connectivity index (χ3v) is 7.95. The molecule has 0 aromatic heterocycles. The molecule has 8 heteroatoms. The standard InChI is InChI=1S/C16H15NO5S2/c1-11(18)17-12-7-8-15-14(9-12)16(10-23(15,19)20)24(21,22)13-5-3-2-4-6-13/h2-9,16H,10H2,1H3,(H,17,18). The summed E-state index contributed by atoms with van der Waals surface area (Å²) in [5, 5.41) is 1.36. The Labute approximate surface area is 140 Å². The number of hydrogen-bond donors (Lipinski definition) is 1. The fourth-order valence-corrected chi connectivity index (χ4v) is 7.09. The second kappa shape index (κ2) is 5.71. The lowest BCUT2D eigenvalue weighted by atomic mass is 10.1. The molecule has 24 heavy (non-hydrogen) atoms. The molecular weight excluding hydrogens is 350 g/mol. The van der Waals surface area contributed by atoms with Crippen LogP contribution in [-0.2, 0) is 24.5 Å². The van der Waals surface area contributed by atoms with Crippen molar-refractivity contribution in [2.45, 2.75) is 22.0 Å². The first-order valence-corrected chi connectivity index (χ1v) is 10.3. The van der Waals surface area contributed by atoms with Gasteiger partial charge in [0.05, 0.1) is 15.5 Å². The summed E-state index contributed by atoms with van der Waals surface area (Å²) in [5.41, 5.74) is 0.566. The summed E-state index contributed by atoms with van der Waals surface area (Å²) in [5.74, 6) is -0.818. The smallest absolute Gasteiger partial charge is 0.221 e. The summed E-state index contributed by atoms with van der Waals surface area (Å²) in [6.07, 6.45) is 0. The van der Waals surface area contributed by atoms with Crippen LogP contribution in [0.15, 0.2) is 58.3 Å². The predicted molar refractivity (Wildman–Crippen MR) is 89.2 cm³/mol. The van der Waals surface area contributed by atoms with E-state index in [0.717, 1.165) is 0 Å². The maximum atomic E-state index is 12.9. The van der Waals surface area contributed by atoms with Crippen molar-refractivity contribution in [1.82, 2.24) is 0 Å². The molecule has 3 rings (SSSR count). The highest BCUT2D eigenvalue weighted by atomic mass is 32.2. The van der Waals surface area contributed by atoms with Crippen molar-refractivity contribution in [3.05, 3.63) is 54.1 Å². The Kier molecular flexibility index (Phi) is 3.97. The predicted octanol–water partition coefficient (Wildman–Crippen LogP) is 1.95. The minimum absolute atomic E-state index is 0.00103. The average molecular weight is 365 g/mol. The van der Waals surface area contributed by atoms with E-state index in [2.05, 4.69) is 5.32 Å². The van der Waals surface area contributed by atoms with E-state index >= 15 is 0 Å². The number of nitrogens with one attached hydrogen (secondary N) is 1. The van der Waals surface area contributed by atoms with Gasteiger partial charge in [-0.15, -0.1) is 0 Å². The number of sulfone groups is 2. The van der Waals surface area contributed by atoms with Crippen molar-refractivity contribution in [3.8, 4) is 0 Å². The van der Waals surface area contributed by atoms with Crippen LogP contribution in [0.1, 0.15) is 17.7 Å². The summed E-state index contributed by atoms with van der Waals surface area (Å²) in [4.78, 5) is 11.3. The number of rotatable bonds is 3. The molecule has 0 radical (unpaired) electrons. The topological polar surface area (TPSA) is 97.4 Å². The molecule has 1 atom stereocenters. The normalized spacial score (nSPS) is 18.8. The summed E-state index contributed by atoms with van der Waals surface area (Å²) >= 11 is 0. The summed E-state index contributed by atoms with van der Waals surface area (Å²) < 4.78 is 50.4. The van der Waals surface area contributed by atoms with Crippen molar-refractivity contribution in [1.29, 1.82) is 0 Å². The van der Waals surface area contributed by atoms with E-state index in [1.807, 2.05) is 0 Å². The van der Waals surface area contributed by atoms with E-state index in [1.165, 1.54) is 37.3 Å². The molecule has 6 nitrogen and oxygen atoms in total. The number of fused-ring (bicyclic) bond motifs is 1. The molecule has 0 fully saturated rings. The molecule has 1 amide bonds. The van der Waals surface area contributed by atoms with Gasteiger partial charge in [-0.25, -0.2) is 16.8 Å². The number of amides is 1. The first kappa shape index (κ1) is 16.7. The summed E-state index contributed by atoms with van der Waals surface area (Å²) in [6.45, 7) is 1.32. The first-order valence-electron chi connectivity index (χ1n) is 7.15. The molecule has 0 bridgehead atoms. The van der Waals surface area contributed by atoms with E-state index in [4.69, 9.17) is 0 Å². The van der Waals surface area contributed by atoms with Crippen molar-refractivity contribution in [2.24, 2.45) is 0 Å². The van der Waals surface area contributed by atoms with Gasteiger partial charge in [-0.3, -0.25) is 4.79 Å². The quantitative estimate of drug-likeness (QED) is 0.896. The maximum absolute atomic E-state index is 12.9. The minimum Gasteiger partial charge on any atom is -0.326 e. The number of anilines is 1. The van der Waals surface area contributed by atoms with Crippen LogP contribution in [0, 0.1) is 0 Å². The van der Waals surface area contributed by atoms with E-state index in [9.17, 15) is 21.6 Å². The number of carbonyl (C=O) groups is 1. The van der Waals surface area contributed by atoms with Gasteiger partial charge in [0, 0.05) is 12.6 Å². The molecule has 0 spiro atoms. The summed E-state index contributed by atoms with van der Waals surface area (Å²) in [7, 11) is -7.54. The maximum Gasteiger partial charge on any atom is 0.221 e. The molecular formula is C16H15NO5S2. The van der Waals surface area contributed by atoms with Gasteiger partial charge in [0.1, 0.15) is 5.25 Å². The first-order chi connectivity index (χ1) is 11.2. The number of carbonyl (C=O) groups excluding carboxylic acids is 1. The molecule has 0 saturated carbocycles. The largest absolute Gasteiger partial charge is 0.326 e. The van der Waals surface area contributed by atoms with Gasteiger partial charge in [-0.05, 0) is 35.9 Å². The molecule has 1 heterocycles. The molecule has 1 unspecified atom stereocenters. The highest BCUT2D eigenvalue weighted by molar-refractivity contribution is 7.96. The van der Waals surface area contributed by atoms with E-state index < -0.39 is 30.7 Å². The molecule has 126 valence electrons. The van der Waals surface area contributed by atoms with Gasteiger partial charge >= 0.3 is 0 Å². The second-order valence-electron chi connectivity index (χ2n) is 5.56. The Morgan fingerprint density at radius 2 is 1.79 bits per heavy atom. The van der Waals surface area contributed by atoms with Crippen molar-refractivity contribution in [3.63, 3.8) is 0 Å². The Balaban J connectivity index is 2.15. The van der Waals surface area contributed by atoms with Crippen molar-refractivity contribution < 1.29 is 21.6 Å². The Morgan fingerprint density at radius 3 is 2.42 bits per heavy atom. The minimum atomic E-state index is -3.86. The molecule has 1 N–H and O–H groups in total. The Morgan fingerprint density at radius 1 is 1.12 bits per heavy atom. The van der Waals surface area contributed by atoms with Crippen LogP contribution in [-0.4, -0.2) is 28.5 Å². The lowest BCUT2D eigenvalue weighted by molar-refractivity contribution is -0.114. The highest BCUT2D eigenvalue weighted by Gasteiger charge is 2.43. The highest BCUT2D eigenvalue weighted by Crippen LogP contribution is 2.42. The monoisotopic (exact) mass is 365 g/mol. The van der Waals surface area contributed by atoms with Crippen LogP contribution in [0.5, 0.6) is 0 Å². The van der Waals surface area contributed by atoms with E-state index in [-0.39, 0.29) is 21.3 Å². The van der Waals surface area contributed by atoms with Crippen LogP contribution in [0.3, 0.4) is 0 Å². The SMILES string of the molecule is CC(=O)Nc1ccc2c(c1)C(S(=O)(=O)c1ccccc1)CS2(=O)=O. The molecule has 1 aliphatic rings. The lowest BCUT2D eigenvalue weighted by Crippen LogP contribution is -2.16. The van der Waals surface area contributed by atoms with E-state index in [0.29, 0.717) is 5.69 Å². The molecule has 2 aromatic carbocycles. The molecule has 1 aliphatic heterocycles. The molecule has 0 saturated heterocycles. The molecule has 0 aliphatic carbocycles. The molecule has 2 aromatic rings. The fourth-order valence-electron chi connectivity index (χ4n) is 2.77. The summed E-state index contributed by atoms with van der Waals surface area (Å²) in [6, 6.07) is 12.0. The Bertz CT molecular complexity index is 1010. The van der Waals surface area contributed by atoms with Crippen LogP contribution >= 0.6 is 0 Å². The third kappa shape index (κ3) is 2.83. The Hall–Kier alpha value is -2.19. The number of hydrogen-bond acceptors (Lipinski definition) is 5. The fraction of sp³-hybridized carbons (Fsp3) is 0.188. The van der Waals surface area contributed by atoms with Crippen LogP contribution < -0.4 is 5.32 Å². The number of benzene rings is 2. The van der Waals surface area contributed by atoms with Crippen LogP contribution in [0.4, 0.5) is 5.69 Å². The zero-order valence-electron chi connectivity index (χ0n) is 12.8. The van der Waals surface area contributed by atoms with Crippen LogP contribution in [0.25, 0.3) is 0 Å². The average Bonchev–Trinajstić information content (AvgIpc) is 2.79. The third-order valence-electron chi connectivity index (χ3n) is 3.83. The lowest BCUT2D eigenvalue weighted by Gasteiger charge is -2.13. The zero-order valence-corrected chi connectivity index (χ0v) is 14.4. The van der Waals surface area contributed by atoms with Gasteiger partial charge in [0.2, 0.25) is 5.91 Å². The second-order valence-corrected chi connectivity index (χ2v) is 9.70. The van der Waals surface area contributed by atoms with E-state index in [1.54, 1.807) is 18.2 Å². The zero-order chi connectivity index (χ0) is 17.5. The van der Waals surface area contributed by atoms with Gasteiger partial charge in [0.15, 0.2) is 19.7 Å². The van der Waals surface area contributed by atoms with Gasteiger partial charge in [0.25, 0.3) is 0 Å². The van der Waals surface area contributed by atoms with Gasteiger partial charge in [-0.1, -0.05) is 18.2 Å². The van der Waals surface area contributed by atoms with Gasteiger partial charge in [-0.2, -0.15) is 0 Å².